The standard InChI is InChI=1S/C20H22Cl2N2O3/c1-27-12-4-11-23-20(26)15-5-2-3-6-18(15)24-19(25)10-8-14-7-9-16(21)17(22)13-14/h2-3,5-7,9,13H,4,8,10-12H2,1H3,(H,23,26)(H,24,25). The summed E-state index contributed by atoms with van der Waals surface area (Å²) in [6.45, 7) is 1.08. The van der Waals surface area contributed by atoms with Gasteiger partial charge in [-0.25, -0.2) is 0 Å². The van der Waals surface area contributed by atoms with Gasteiger partial charge in [-0.1, -0.05) is 41.4 Å². The summed E-state index contributed by atoms with van der Waals surface area (Å²) in [6.07, 6.45) is 1.51. The second-order valence-corrected chi connectivity index (χ2v) is 6.76. The molecule has 0 fully saturated rings. The number of anilines is 1. The summed E-state index contributed by atoms with van der Waals surface area (Å²) in [4.78, 5) is 24.6. The first-order valence-electron chi connectivity index (χ1n) is 8.61. The van der Waals surface area contributed by atoms with Crippen LogP contribution in [0, 0.1) is 0 Å². The lowest BCUT2D eigenvalue weighted by Crippen LogP contribution is -2.26. The molecular weight excluding hydrogens is 387 g/mol. The third-order valence-corrected chi connectivity index (χ3v) is 4.62. The third-order valence-electron chi connectivity index (χ3n) is 3.88. The number of rotatable bonds is 9. The van der Waals surface area contributed by atoms with Gasteiger partial charge in [0.25, 0.3) is 5.91 Å². The maximum atomic E-state index is 12.3. The van der Waals surface area contributed by atoms with E-state index in [9.17, 15) is 9.59 Å². The molecule has 0 saturated heterocycles. The fourth-order valence-electron chi connectivity index (χ4n) is 2.47. The maximum absolute atomic E-state index is 12.3. The largest absolute Gasteiger partial charge is 0.385 e. The first-order valence-corrected chi connectivity index (χ1v) is 9.37. The Labute approximate surface area is 169 Å². The van der Waals surface area contributed by atoms with Crippen LogP contribution in [0.3, 0.4) is 0 Å². The van der Waals surface area contributed by atoms with E-state index >= 15 is 0 Å². The highest BCUT2D eigenvalue weighted by atomic mass is 35.5. The molecule has 0 aromatic heterocycles. The highest BCUT2D eigenvalue weighted by Gasteiger charge is 2.13. The summed E-state index contributed by atoms with van der Waals surface area (Å²) in [5.74, 6) is -0.410. The molecule has 0 unspecified atom stereocenters. The van der Waals surface area contributed by atoms with E-state index in [-0.39, 0.29) is 18.2 Å². The number of amides is 2. The smallest absolute Gasteiger partial charge is 0.253 e. The van der Waals surface area contributed by atoms with Crippen LogP contribution in [-0.4, -0.2) is 32.1 Å². The van der Waals surface area contributed by atoms with Crippen molar-refractivity contribution in [3.05, 3.63) is 63.6 Å². The number of hydrogen-bond acceptors (Lipinski definition) is 3. The highest BCUT2D eigenvalue weighted by molar-refractivity contribution is 6.42. The summed E-state index contributed by atoms with van der Waals surface area (Å²) < 4.78 is 4.96. The molecule has 2 N–H and O–H groups in total. The molecule has 2 aromatic rings. The van der Waals surface area contributed by atoms with Crippen molar-refractivity contribution >= 4 is 40.7 Å². The number of halogens is 2. The van der Waals surface area contributed by atoms with Crippen molar-refractivity contribution in [1.29, 1.82) is 0 Å². The van der Waals surface area contributed by atoms with Gasteiger partial charge in [-0.2, -0.15) is 0 Å². The van der Waals surface area contributed by atoms with E-state index in [1.165, 1.54) is 0 Å². The average Bonchev–Trinajstić information content (AvgIpc) is 2.66. The van der Waals surface area contributed by atoms with Gasteiger partial charge >= 0.3 is 0 Å². The minimum Gasteiger partial charge on any atom is -0.385 e. The van der Waals surface area contributed by atoms with E-state index in [0.29, 0.717) is 40.9 Å². The summed E-state index contributed by atoms with van der Waals surface area (Å²) in [5.41, 5.74) is 1.84. The Bertz CT molecular complexity index is 797. The summed E-state index contributed by atoms with van der Waals surface area (Å²) in [5, 5.41) is 6.57. The van der Waals surface area contributed by atoms with Gasteiger partial charge in [0.2, 0.25) is 5.91 Å². The number of aryl methyl sites for hydroxylation is 1. The molecule has 5 nitrogen and oxygen atoms in total. The SMILES string of the molecule is COCCCNC(=O)c1ccccc1NC(=O)CCc1ccc(Cl)c(Cl)c1. The highest BCUT2D eigenvalue weighted by Crippen LogP contribution is 2.23. The lowest BCUT2D eigenvalue weighted by Gasteiger charge is -2.11. The zero-order valence-corrected chi connectivity index (χ0v) is 16.6. The molecule has 0 aliphatic heterocycles. The predicted octanol–water partition coefficient (Wildman–Crippen LogP) is 4.33. The molecule has 2 amide bonds. The van der Waals surface area contributed by atoms with E-state index in [1.54, 1.807) is 43.5 Å². The lowest BCUT2D eigenvalue weighted by atomic mass is 10.1. The molecule has 0 atom stereocenters. The molecule has 144 valence electrons. The van der Waals surface area contributed by atoms with Crippen molar-refractivity contribution in [2.75, 3.05) is 25.6 Å². The molecule has 27 heavy (non-hydrogen) atoms. The normalized spacial score (nSPS) is 10.5. The number of carbonyl (C=O) groups is 2. The van der Waals surface area contributed by atoms with Crippen LogP contribution < -0.4 is 10.6 Å². The second-order valence-electron chi connectivity index (χ2n) is 5.94. The van der Waals surface area contributed by atoms with Crippen molar-refractivity contribution in [2.45, 2.75) is 19.3 Å². The number of ether oxygens (including phenoxy) is 1. The maximum Gasteiger partial charge on any atom is 0.253 e. The zero-order valence-electron chi connectivity index (χ0n) is 15.1. The molecule has 2 rings (SSSR count). The Morgan fingerprint density at radius 3 is 2.59 bits per heavy atom. The molecule has 0 radical (unpaired) electrons. The number of para-hydroxylation sites is 1. The van der Waals surface area contributed by atoms with Gasteiger partial charge in [0.05, 0.1) is 21.3 Å². The van der Waals surface area contributed by atoms with E-state index in [1.807, 2.05) is 6.07 Å². The minimum absolute atomic E-state index is 0.180. The van der Waals surface area contributed by atoms with Gasteiger partial charge in [0.15, 0.2) is 0 Å². The molecule has 7 heteroatoms. The molecule has 0 saturated carbocycles. The van der Waals surface area contributed by atoms with Crippen molar-refractivity contribution in [3.8, 4) is 0 Å². The van der Waals surface area contributed by atoms with Gasteiger partial charge in [-0.15, -0.1) is 0 Å². The van der Waals surface area contributed by atoms with Crippen molar-refractivity contribution in [2.24, 2.45) is 0 Å². The van der Waals surface area contributed by atoms with E-state index in [4.69, 9.17) is 27.9 Å². The van der Waals surface area contributed by atoms with E-state index in [2.05, 4.69) is 10.6 Å². The molecule has 0 bridgehead atoms. The molecule has 0 aliphatic rings. The van der Waals surface area contributed by atoms with Crippen LogP contribution in [0.1, 0.15) is 28.8 Å². The van der Waals surface area contributed by atoms with Gasteiger partial charge < -0.3 is 15.4 Å². The quantitative estimate of drug-likeness (QED) is 0.606. The second kappa shape index (κ2) is 10.9. The Morgan fingerprint density at radius 1 is 1.07 bits per heavy atom. The molecule has 2 aromatic carbocycles. The topological polar surface area (TPSA) is 67.4 Å². The number of benzene rings is 2. The van der Waals surface area contributed by atoms with Crippen LogP contribution in [0.2, 0.25) is 10.0 Å². The van der Waals surface area contributed by atoms with Gasteiger partial charge in [0.1, 0.15) is 0 Å². The number of methoxy groups -OCH3 is 1. The van der Waals surface area contributed by atoms with E-state index < -0.39 is 0 Å². The Balaban J connectivity index is 1.93. The van der Waals surface area contributed by atoms with Crippen molar-refractivity contribution in [3.63, 3.8) is 0 Å². The van der Waals surface area contributed by atoms with Gasteiger partial charge in [0, 0.05) is 26.7 Å². The van der Waals surface area contributed by atoms with Gasteiger partial charge in [-0.05, 0) is 42.7 Å². The molecule has 0 aliphatic carbocycles. The Morgan fingerprint density at radius 2 is 1.85 bits per heavy atom. The Hall–Kier alpha value is -2.08. The molecular formula is C20H22Cl2N2O3. The van der Waals surface area contributed by atoms with E-state index in [0.717, 1.165) is 12.0 Å². The van der Waals surface area contributed by atoms with Crippen molar-refractivity contribution < 1.29 is 14.3 Å². The summed E-state index contributed by atoms with van der Waals surface area (Å²) in [6, 6.07) is 12.2. The minimum atomic E-state index is -0.230. The third kappa shape index (κ3) is 6.86. The van der Waals surface area contributed by atoms with Crippen LogP contribution >= 0.6 is 23.2 Å². The van der Waals surface area contributed by atoms with Crippen LogP contribution in [-0.2, 0) is 16.0 Å². The summed E-state index contributed by atoms with van der Waals surface area (Å²) >= 11 is 11.9. The number of carbonyl (C=O) groups excluding carboxylic acids is 2. The van der Waals surface area contributed by atoms with Crippen LogP contribution in [0.4, 0.5) is 5.69 Å². The van der Waals surface area contributed by atoms with Crippen LogP contribution in [0.5, 0.6) is 0 Å². The fourth-order valence-corrected chi connectivity index (χ4v) is 2.79. The zero-order chi connectivity index (χ0) is 19.6. The number of nitrogens with one attached hydrogen (secondary N) is 2. The molecule has 0 heterocycles. The van der Waals surface area contributed by atoms with Crippen molar-refractivity contribution in [1.82, 2.24) is 5.32 Å². The first-order chi connectivity index (χ1) is 13.0. The monoisotopic (exact) mass is 408 g/mol. The lowest BCUT2D eigenvalue weighted by molar-refractivity contribution is -0.116. The summed E-state index contributed by atoms with van der Waals surface area (Å²) in [7, 11) is 1.62. The molecule has 0 spiro atoms. The van der Waals surface area contributed by atoms with Gasteiger partial charge in [-0.3, -0.25) is 9.59 Å². The first kappa shape index (κ1) is 21.2. The Kier molecular flexibility index (Phi) is 8.58. The number of hydrogen-bond donors (Lipinski definition) is 2. The van der Waals surface area contributed by atoms with Crippen LogP contribution in [0.15, 0.2) is 42.5 Å². The van der Waals surface area contributed by atoms with Crippen LogP contribution in [0.25, 0.3) is 0 Å². The fraction of sp³-hybridized carbons (Fsp3) is 0.300. The predicted molar refractivity (Wildman–Crippen MR) is 109 cm³/mol. The average molecular weight is 409 g/mol.